The van der Waals surface area contributed by atoms with Crippen molar-refractivity contribution in [1.29, 1.82) is 5.26 Å². The Labute approximate surface area is 212 Å². The number of hydrogen-bond donors (Lipinski definition) is 0. The molecule has 36 heavy (non-hydrogen) atoms. The van der Waals surface area contributed by atoms with Gasteiger partial charge in [-0.15, -0.1) is 0 Å². The van der Waals surface area contributed by atoms with Gasteiger partial charge in [0, 0.05) is 36.8 Å². The van der Waals surface area contributed by atoms with E-state index in [4.69, 9.17) is 9.47 Å². The molecule has 8 nitrogen and oxygen atoms in total. The highest BCUT2D eigenvalue weighted by Gasteiger charge is 2.26. The fraction of sp³-hybridized carbons (Fsp3) is 0.500. The van der Waals surface area contributed by atoms with E-state index in [1.165, 1.54) is 0 Å². The smallest absolute Gasteiger partial charge is 0.410 e. The molecule has 0 radical (unpaired) electrons. The van der Waals surface area contributed by atoms with Crippen LogP contribution in [0.3, 0.4) is 0 Å². The molecule has 0 saturated carbocycles. The van der Waals surface area contributed by atoms with Crippen LogP contribution in [-0.4, -0.2) is 50.8 Å². The van der Waals surface area contributed by atoms with Crippen molar-refractivity contribution in [3.8, 4) is 23.1 Å². The standard InChI is InChI=1S/C28H35N5O3/c1-6-32-15-11-22-25(30-24(18-29)31-26(22)32)21-7-8-23(19(2)17-21)35-16-12-20-9-13-33(14-10-20)27(34)36-28(3,4)5/h7-8,11,15,17,20H,6,9-10,12-14,16H2,1-5H3. The Balaban J connectivity index is 1.36. The van der Waals surface area contributed by atoms with E-state index in [1.807, 2.05) is 68.5 Å². The third-order valence-corrected chi connectivity index (χ3v) is 6.56. The number of fused-ring (bicyclic) bond motifs is 1. The van der Waals surface area contributed by atoms with Gasteiger partial charge in [-0.3, -0.25) is 0 Å². The minimum Gasteiger partial charge on any atom is -0.493 e. The molecule has 4 rings (SSSR count). The number of aryl methyl sites for hydroxylation is 2. The summed E-state index contributed by atoms with van der Waals surface area (Å²) in [5.41, 5.74) is 3.03. The number of benzene rings is 1. The first-order chi connectivity index (χ1) is 17.2. The van der Waals surface area contributed by atoms with Gasteiger partial charge in [0.2, 0.25) is 5.82 Å². The number of piperidine rings is 1. The van der Waals surface area contributed by atoms with Crippen molar-refractivity contribution in [1.82, 2.24) is 19.4 Å². The number of nitriles is 1. The van der Waals surface area contributed by atoms with Crippen molar-refractivity contribution >= 4 is 17.1 Å². The van der Waals surface area contributed by atoms with Crippen LogP contribution in [0, 0.1) is 24.2 Å². The Bertz CT molecular complexity index is 1280. The van der Waals surface area contributed by atoms with Gasteiger partial charge >= 0.3 is 6.09 Å². The lowest BCUT2D eigenvalue weighted by Crippen LogP contribution is -2.41. The molecule has 3 aromatic rings. The van der Waals surface area contributed by atoms with Crippen LogP contribution in [0.25, 0.3) is 22.3 Å². The second-order valence-corrected chi connectivity index (χ2v) is 10.4. The second-order valence-electron chi connectivity index (χ2n) is 10.4. The molecule has 8 heteroatoms. The number of ether oxygens (including phenoxy) is 2. The summed E-state index contributed by atoms with van der Waals surface area (Å²) < 4.78 is 13.6. The van der Waals surface area contributed by atoms with Gasteiger partial charge in [-0.2, -0.15) is 5.26 Å². The lowest BCUT2D eigenvalue weighted by molar-refractivity contribution is 0.0177. The summed E-state index contributed by atoms with van der Waals surface area (Å²) in [4.78, 5) is 23.0. The summed E-state index contributed by atoms with van der Waals surface area (Å²) in [5.74, 6) is 1.55. The molecule has 1 fully saturated rings. The van der Waals surface area contributed by atoms with Crippen molar-refractivity contribution in [3.63, 3.8) is 0 Å². The largest absolute Gasteiger partial charge is 0.493 e. The predicted octanol–water partition coefficient (Wildman–Crippen LogP) is 5.71. The van der Waals surface area contributed by atoms with Crippen molar-refractivity contribution in [3.05, 3.63) is 41.9 Å². The highest BCUT2D eigenvalue weighted by atomic mass is 16.6. The lowest BCUT2D eigenvalue weighted by Gasteiger charge is -2.33. The van der Waals surface area contributed by atoms with Gasteiger partial charge < -0.3 is 18.9 Å². The summed E-state index contributed by atoms with van der Waals surface area (Å²) in [6.45, 7) is 12.6. The number of carbonyl (C=O) groups excluding carboxylic acids is 1. The van der Waals surface area contributed by atoms with E-state index < -0.39 is 5.60 Å². The molecule has 0 unspecified atom stereocenters. The number of carbonyl (C=O) groups is 1. The molecule has 0 N–H and O–H groups in total. The van der Waals surface area contributed by atoms with Crippen LogP contribution in [0.1, 0.15) is 58.3 Å². The van der Waals surface area contributed by atoms with Crippen LogP contribution < -0.4 is 4.74 Å². The van der Waals surface area contributed by atoms with E-state index in [2.05, 4.69) is 22.1 Å². The molecule has 0 bridgehead atoms. The Kier molecular flexibility index (Phi) is 7.48. The minimum atomic E-state index is -0.465. The van der Waals surface area contributed by atoms with E-state index in [-0.39, 0.29) is 11.9 Å². The Morgan fingerprint density at radius 1 is 1.19 bits per heavy atom. The van der Waals surface area contributed by atoms with E-state index in [9.17, 15) is 10.1 Å². The highest BCUT2D eigenvalue weighted by molar-refractivity contribution is 5.91. The molecule has 1 aliphatic rings. The fourth-order valence-corrected chi connectivity index (χ4v) is 4.62. The highest BCUT2D eigenvalue weighted by Crippen LogP contribution is 2.31. The van der Waals surface area contributed by atoms with Crippen LogP contribution in [0.5, 0.6) is 5.75 Å². The second kappa shape index (κ2) is 10.6. The van der Waals surface area contributed by atoms with Crippen LogP contribution in [-0.2, 0) is 11.3 Å². The van der Waals surface area contributed by atoms with Gasteiger partial charge in [-0.25, -0.2) is 14.8 Å². The van der Waals surface area contributed by atoms with Gasteiger partial charge in [0.1, 0.15) is 23.1 Å². The lowest BCUT2D eigenvalue weighted by atomic mass is 9.94. The first-order valence-corrected chi connectivity index (χ1v) is 12.7. The number of nitrogens with zero attached hydrogens (tertiary/aromatic N) is 5. The molecule has 190 valence electrons. The number of amides is 1. The molecular formula is C28H35N5O3. The van der Waals surface area contributed by atoms with E-state index in [0.29, 0.717) is 12.5 Å². The number of likely N-dealkylation sites (tertiary alicyclic amines) is 1. The van der Waals surface area contributed by atoms with Gasteiger partial charge in [0.15, 0.2) is 0 Å². The molecule has 3 heterocycles. The molecule has 1 saturated heterocycles. The maximum absolute atomic E-state index is 12.3. The number of hydrogen-bond acceptors (Lipinski definition) is 6. The zero-order valence-corrected chi connectivity index (χ0v) is 21.9. The number of rotatable bonds is 6. The Hall–Kier alpha value is -3.60. The molecule has 1 amide bonds. The fourth-order valence-electron chi connectivity index (χ4n) is 4.62. The Morgan fingerprint density at radius 3 is 2.58 bits per heavy atom. The maximum atomic E-state index is 12.3. The summed E-state index contributed by atoms with van der Waals surface area (Å²) in [6, 6.07) is 10.1. The van der Waals surface area contributed by atoms with Crippen LogP contribution in [0.4, 0.5) is 4.79 Å². The first kappa shape index (κ1) is 25.5. The van der Waals surface area contributed by atoms with Gasteiger partial charge in [0.25, 0.3) is 0 Å². The molecule has 2 aromatic heterocycles. The topological polar surface area (TPSA) is 93.3 Å². The van der Waals surface area contributed by atoms with Gasteiger partial charge in [-0.05, 0) is 89.6 Å². The zero-order valence-electron chi connectivity index (χ0n) is 21.9. The number of aromatic nitrogens is 3. The predicted molar refractivity (Wildman–Crippen MR) is 139 cm³/mol. The average Bonchev–Trinajstić information content (AvgIpc) is 3.26. The summed E-state index contributed by atoms with van der Waals surface area (Å²) >= 11 is 0. The monoisotopic (exact) mass is 489 g/mol. The van der Waals surface area contributed by atoms with E-state index in [1.54, 1.807) is 0 Å². The average molecular weight is 490 g/mol. The third-order valence-electron chi connectivity index (χ3n) is 6.56. The maximum Gasteiger partial charge on any atom is 0.410 e. The van der Waals surface area contributed by atoms with Gasteiger partial charge in [-0.1, -0.05) is 0 Å². The summed E-state index contributed by atoms with van der Waals surface area (Å²) in [7, 11) is 0. The van der Waals surface area contributed by atoms with Crippen molar-refractivity contribution in [2.45, 2.75) is 66.0 Å². The third kappa shape index (κ3) is 5.78. The van der Waals surface area contributed by atoms with E-state index in [0.717, 1.165) is 72.5 Å². The van der Waals surface area contributed by atoms with E-state index >= 15 is 0 Å². The van der Waals surface area contributed by atoms with Crippen molar-refractivity contribution < 1.29 is 14.3 Å². The molecular weight excluding hydrogens is 454 g/mol. The molecule has 0 spiro atoms. The van der Waals surface area contributed by atoms with Crippen LogP contribution in [0.2, 0.25) is 0 Å². The molecule has 0 aliphatic carbocycles. The Morgan fingerprint density at radius 2 is 1.94 bits per heavy atom. The quantitative estimate of drug-likeness (QED) is 0.440. The van der Waals surface area contributed by atoms with Crippen LogP contribution >= 0.6 is 0 Å². The molecule has 0 atom stereocenters. The summed E-state index contributed by atoms with van der Waals surface area (Å²) in [6.07, 6.45) is 4.63. The van der Waals surface area contributed by atoms with Crippen molar-refractivity contribution in [2.75, 3.05) is 19.7 Å². The minimum absolute atomic E-state index is 0.168. The normalized spacial score (nSPS) is 14.6. The molecule has 1 aliphatic heterocycles. The zero-order chi connectivity index (χ0) is 25.9. The molecule has 1 aromatic carbocycles. The van der Waals surface area contributed by atoms with Crippen molar-refractivity contribution in [2.24, 2.45) is 5.92 Å². The first-order valence-electron chi connectivity index (χ1n) is 12.7. The van der Waals surface area contributed by atoms with Crippen LogP contribution in [0.15, 0.2) is 30.5 Å². The SMILES string of the molecule is CCn1ccc2c(-c3ccc(OCCC4CCN(C(=O)OC(C)(C)C)CC4)c(C)c3)nc(C#N)nc21. The van der Waals surface area contributed by atoms with Gasteiger partial charge in [0.05, 0.1) is 12.3 Å². The summed E-state index contributed by atoms with van der Waals surface area (Å²) in [5, 5.41) is 10.4.